The maximum absolute atomic E-state index is 13.6. The molecular formula is C31H26ClNO2. The van der Waals surface area contributed by atoms with E-state index in [-0.39, 0.29) is 11.7 Å². The number of benzene rings is 3. The summed E-state index contributed by atoms with van der Waals surface area (Å²) in [6.45, 7) is 3.99. The van der Waals surface area contributed by atoms with Gasteiger partial charge in [-0.1, -0.05) is 54.1 Å². The lowest BCUT2D eigenvalue weighted by atomic mass is 9.83. The highest BCUT2D eigenvalue weighted by molar-refractivity contribution is 6.30. The van der Waals surface area contributed by atoms with Gasteiger partial charge < -0.3 is 4.42 Å². The van der Waals surface area contributed by atoms with E-state index in [1.54, 1.807) is 6.20 Å². The van der Waals surface area contributed by atoms with Crippen LogP contribution in [0.1, 0.15) is 40.3 Å². The van der Waals surface area contributed by atoms with Crippen molar-refractivity contribution in [1.29, 1.82) is 0 Å². The Bertz CT molecular complexity index is 1500. The van der Waals surface area contributed by atoms with Gasteiger partial charge in [0.25, 0.3) is 0 Å². The van der Waals surface area contributed by atoms with Crippen molar-refractivity contribution >= 4 is 28.4 Å². The van der Waals surface area contributed by atoms with Crippen molar-refractivity contribution < 1.29 is 9.21 Å². The number of Topliss-reactive ketones (excluding diaryl/α,β-unsaturated/α-hetero) is 1. The first kappa shape index (κ1) is 23.1. The number of rotatable bonds is 7. The van der Waals surface area contributed by atoms with Crippen LogP contribution in [0.2, 0.25) is 5.02 Å². The Hall–Kier alpha value is -3.69. The molecule has 0 aliphatic carbocycles. The van der Waals surface area contributed by atoms with E-state index in [1.807, 2.05) is 86.6 Å². The van der Waals surface area contributed by atoms with Crippen molar-refractivity contribution in [2.24, 2.45) is 0 Å². The normalized spacial score (nSPS) is 12.1. The van der Waals surface area contributed by atoms with Gasteiger partial charge in [0.1, 0.15) is 17.1 Å². The van der Waals surface area contributed by atoms with E-state index < -0.39 is 0 Å². The van der Waals surface area contributed by atoms with E-state index in [2.05, 4.69) is 17.1 Å². The quantitative estimate of drug-likeness (QED) is 0.237. The number of fused-ring (bicyclic) bond motifs is 1. The topological polar surface area (TPSA) is 43.1 Å². The first-order chi connectivity index (χ1) is 17.0. The largest absolute Gasteiger partial charge is 0.456 e. The summed E-state index contributed by atoms with van der Waals surface area (Å²) in [5.74, 6) is 0.688. The van der Waals surface area contributed by atoms with Gasteiger partial charge >= 0.3 is 0 Å². The van der Waals surface area contributed by atoms with Crippen LogP contribution in [0.5, 0.6) is 0 Å². The predicted molar refractivity (Wildman–Crippen MR) is 142 cm³/mol. The van der Waals surface area contributed by atoms with Crippen LogP contribution in [0.15, 0.2) is 95.5 Å². The number of hydrogen-bond acceptors (Lipinski definition) is 3. The number of carbonyl (C=O) groups excluding carboxylic acids is 1. The van der Waals surface area contributed by atoms with E-state index in [0.717, 1.165) is 50.2 Å². The van der Waals surface area contributed by atoms with Crippen molar-refractivity contribution in [3.63, 3.8) is 0 Å². The zero-order valence-corrected chi connectivity index (χ0v) is 20.5. The van der Waals surface area contributed by atoms with Crippen LogP contribution >= 0.6 is 11.6 Å². The van der Waals surface area contributed by atoms with Gasteiger partial charge in [0.15, 0.2) is 0 Å². The number of nitrogens with zero attached hydrogens (tertiary/aromatic N) is 1. The molecule has 35 heavy (non-hydrogen) atoms. The second-order valence-corrected chi connectivity index (χ2v) is 9.37. The molecule has 0 N–H and O–H groups in total. The lowest BCUT2D eigenvalue weighted by molar-refractivity contribution is -0.119. The maximum Gasteiger partial charge on any atom is 0.145 e. The van der Waals surface area contributed by atoms with Gasteiger partial charge in [-0.15, -0.1) is 0 Å². The Morgan fingerprint density at radius 1 is 0.943 bits per heavy atom. The highest BCUT2D eigenvalue weighted by Crippen LogP contribution is 2.32. The summed E-state index contributed by atoms with van der Waals surface area (Å²) >= 11 is 6.19. The number of aryl methyl sites for hydroxylation is 3. The Balaban J connectivity index is 1.39. The van der Waals surface area contributed by atoms with Gasteiger partial charge in [0, 0.05) is 34.3 Å². The fourth-order valence-electron chi connectivity index (χ4n) is 4.68. The fraction of sp³-hybridized carbons (Fsp3) is 0.161. The van der Waals surface area contributed by atoms with Gasteiger partial charge in [-0.05, 0) is 85.0 Å². The lowest BCUT2D eigenvalue weighted by Crippen LogP contribution is -2.16. The summed E-state index contributed by atoms with van der Waals surface area (Å²) in [7, 11) is 0. The minimum Gasteiger partial charge on any atom is -0.456 e. The average molecular weight is 480 g/mol. The van der Waals surface area contributed by atoms with Crippen LogP contribution in [0.25, 0.3) is 22.3 Å². The zero-order valence-electron chi connectivity index (χ0n) is 19.8. The Kier molecular flexibility index (Phi) is 6.52. The highest BCUT2D eigenvalue weighted by Gasteiger charge is 2.24. The molecule has 1 atom stereocenters. The van der Waals surface area contributed by atoms with Crippen LogP contribution in [-0.4, -0.2) is 10.8 Å². The van der Waals surface area contributed by atoms with E-state index in [4.69, 9.17) is 16.0 Å². The van der Waals surface area contributed by atoms with Crippen LogP contribution in [0, 0.1) is 13.8 Å². The molecule has 2 aromatic heterocycles. The van der Waals surface area contributed by atoms with E-state index in [9.17, 15) is 4.79 Å². The van der Waals surface area contributed by atoms with Crippen LogP contribution < -0.4 is 0 Å². The number of furan rings is 1. The molecule has 0 saturated heterocycles. The third-order valence-corrected chi connectivity index (χ3v) is 6.75. The van der Waals surface area contributed by atoms with Crippen molar-refractivity contribution in [1.82, 2.24) is 4.98 Å². The molecule has 0 spiro atoms. The fourth-order valence-corrected chi connectivity index (χ4v) is 4.91. The Labute approximate surface area is 210 Å². The molecule has 0 aliphatic rings. The third kappa shape index (κ3) is 4.91. The number of aromatic nitrogens is 1. The molecule has 1 unspecified atom stereocenters. The number of pyridine rings is 1. The molecule has 0 aliphatic heterocycles. The Morgan fingerprint density at radius 2 is 1.77 bits per heavy atom. The van der Waals surface area contributed by atoms with Crippen molar-refractivity contribution in [3.05, 3.63) is 124 Å². The molecule has 0 bridgehead atoms. The summed E-state index contributed by atoms with van der Waals surface area (Å²) in [5, 5.41) is 1.71. The Morgan fingerprint density at radius 3 is 2.54 bits per heavy atom. The molecule has 0 fully saturated rings. The van der Waals surface area contributed by atoms with Gasteiger partial charge in [-0.25, -0.2) is 0 Å². The molecule has 3 nitrogen and oxygen atoms in total. The molecule has 0 radical (unpaired) electrons. The molecule has 0 amide bonds. The van der Waals surface area contributed by atoms with Crippen molar-refractivity contribution in [3.8, 4) is 11.3 Å². The SMILES string of the molecule is Cc1cc(Cl)ccc1C(C(=O)CCc1ccc2oc(-c3cccnc3C)cc2c1)c1ccccc1. The molecular weight excluding hydrogens is 454 g/mol. The number of hydrogen-bond donors (Lipinski definition) is 0. The second kappa shape index (κ2) is 9.89. The standard InChI is InChI=1S/C31H26ClNO2/c1-20-17-25(32)12-13-26(20)31(23-7-4-3-5-8-23)28(34)14-10-22-11-15-29-24(18-22)19-30(35-29)27-9-6-16-33-21(27)2/h3-9,11-13,15-19,31H,10,14H2,1-2H3. The summed E-state index contributed by atoms with van der Waals surface area (Å²) < 4.78 is 6.07. The first-order valence-corrected chi connectivity index (χ1v) is 12.2. The molecule has 0 saturated carbocycles. The monoisotopic (exact) mass is 479 g/mol. The highest BCUT2D eigenvalue weighted by atomic mass is 35.5. The number of halogens is 1. The smallest absolute Gasteiger partial charge is 0.145 e. The molecule has 2 heterocycles. The zero-order chi connectivity index (χ0) is 24.4. The van der Waals surface area contributed by atoms with Gasteiger partial charge in [-0.2, -0.15) is 0 Å². The summed E-state index contributed by atoms with van der Waals surface area (Å²) in [6.07, 6.45) is 2.89. The van der Waals surface area contributed by atoms with Crippen molar-refractivity contribution in [2.45, 2.75) is 32.6 Å². The number of ketones is 1. The average Bonchev–Trinajstić information content (AvgIpc) is 3.28. The van der Waals surface area contributed by atoms with Gasteiger partial charge in [0.2, 0.25) is 0 Å². The third-order valence-electron chi connectivity index (χ3n) is 6.51. The first-order valence-electron chi connectivity index (χ1n) is 11.8. The summed E-state index contributed by atoms with van der Waals surface area (Å²) in [5.41, 5.74) is 6.90. The molecule has 4 heteroatoms. The number of carbonyl (C=O) groups is 1. The molecule has 5 rings (SSSR count). The summed E-state index contributed by atoms with van der Waals surface area (Å²) in [4.78, 5) is 18.0. The van der Waals surface area contributed by atoms with Gasteiger partial charge in [0.05, 0.1) is 5.92 Å². The maximum atomic E-state index is 13.6. The van der Waals surface area contributed by atoms with Crippen LogP contribution in [-0.2, 0) is 11.2 Å². The minimum atomic E-state index is -0.314. The predicted octanol–water partition coefficient (Wildman–Crippen LogP) is 8.10. The summed E-state index contributed by atoms with van der Waals surface area (Å²) in [6, 6.07) is 27.9. The van der Waals surface area contributed by atoms with Crippen LogP contribution in [0.4, 0.5) is 0 Å². The van der Waals surface area contributed by atoms with E-state index in [0.29, 0.717) is 17.9 Å². The van der Waals surface area contributed by atoms with Crippen molar-refractivity contribution in [2.75, 3.05) is 0 Å². The molecule has 174 valence electrons. The van der Waals surface area contributed by atoms with E-state index >= 15 is 0 Å². The minimum absolute atomic E-state index is 0.195. The van der Waals surface area contributed by atoms with Crippen LogP contribution in [0.3, 0.4) is 0 Å². The molecule has 3 aromatic carbocycles. The second-order valence-electron chi connectivity index (χ2n) is 8.93. The van der Waals surface area contributed by atoms with E-state index in [1.165, 1.54) is 0 Å². The van der Waals surface area contributed by atoms with Gasteiger partial charge in [-0.3, -0.25) is 9.78 Å². The lowest BCUT2D eigenvalue weighted by Gasteiger charge is -2.19. The molecule has 5 aromatic rings.